The summed E-state index contributed by atoms with van der Waals surface area (Å²) in [6.45, 7) is 0. The molecular formula is C23H25N3O2S2. The average Bonchev–Trinajstić information content (AvgIpc) is 3.40. The first-order valence-corrected chi connectivity index (χ1v) is 12.4. The number of thioether (sulfide) groups is 1. The van der Waals surface area contributed by atoms with Crippen LogP contribution in [-0.4, -0.2) is 15.5 Å². The van der Waals surface area contributed by atoms with Gasteiger partial charge in [0.1, 0.15) is 10.1 Å². The summed E-state index contributed by atoms with van der Waals surface area (Å²) in [5.41, 5.74) is 7.91. The molecule has 0 aliphatic heterocycles. The molecule has 2 aromatic heterocycles. The highest BCUT2D eigenvalue weighted by molar-refractivity contribution is 8.00. The zero-order valence-corrected chi connectivity index (χ0v) is 18.4. The number of nitrogens with zero attached hydrogens (tertiary/aromatic N) is 2. The lowest BCUT2D eigenvalue weighted by molar-refractivity contribution is -0.117. The Balaban J connectivity index is 1.67. The quantitative estimate of drug-likeness (QED) is 0.459. The molecule has 30 heavy (non-hydrogen) atoms. The predicted octanol–water partition coefficient (Wildman–Crippen LogP) is 4.77. The van der Waals surface area contributed by atoms with Crippen LogP contribution in [-0.2, 0) is 17.6 Å². The largest absolute Gasteiger partial charge is 0.368 e. The van der Waals surface area contributed by atoms with Gasteiger partial charge in [-0.25, -0.2) is 4.98 Å². The fourth-order valence-electron chi connectivity index (χ4n) is 4.79. The number of amides is 1. The first kappa shape index (κ1) is 19.8. The Hall–Kier alpha value is -2.12. The SMILES string of the molecule is NC(=O)C(Sc1nc2sc3c(c2c(=O)n1C1CCCC1)CCCC3)c1ccccc1. The molecule has 2 aliphatic rings. The number of carbonyl (C=O) groups is 1. The number of benzene rings is 1. The topological polar surface area (TPSA) is 78.0 Å². The lowest BCUT2D eigenvalue weighted by Crippen LogP contribution is -2.28. The van der Waals surface area contributed by atoms with Gasteiger partial charge in [-0.3, -0.25) is 14.2 Å². The van der Waals surface area contributed by atoms with E-state index in [9.17, 15) is 9.59 Å². The maximum Gasteiger partial charge on any atom is 0.263 e. The Morgan fingerprint density at radius 1 is 1.13 bits per heavy atom. The highest BCUT2D eigenvalue weighted by Crippen LogP contribution is 2.40. The zero-order chi connectivity index (χ0) is 20.7. The Bertz CT molecular complexity index is 1150. The van der Waals surface area contributed by atoms with Crippen LogP contribution in [0.4, 0.5) is 0 Å². The fourth-order valence-corrected chi connectivity index (χ4v) is 7.21. The summed E-state index contributed by atoms with van der Waals surface area (Å²) in [4.78, 5) is 33.2. The first-order valence-electron chi connectivity index (χ1n) is 10.7. The van der Waals surface area contributed by atoms with Gasteiger partial charge in [0.2, 0.25) is 5.91 Å². The fraction of sp³-hybridized carbons (Fsp3) is 0.435. The summed E-state index contributed by atoms with van der Waals surface area (Å²) in [5, 5.41) is 0.879. The molecule has 1 amide bonds. The van der Waals surface area contributed by atoms with Gasteiger partial charge < -0.3 is 5.73 Å². The number of rotatable bonds is 5. The number of nitrogens with two attached hydrogens (primary N) is 1. The molecule has 0 saturated heterocycles. The van der Waals surface area contributed by atoms with Crippen LogP contribution in [0.2, 0.25) is 0 Å². The van der Waals surface area contributed by atoms with E-state index in [1.54, 1.807) is 11.3 Å². The zero-order valence-electron chi connectivity index (χ0n) is 16.8. The van der Waals surface area contributed by atoms with Gasteiger partial charge >= 0.3 is 0 Å². The van der Waals surface area contributed by atoms with Crippen molar-refractivity contribution in [3.63, 3.8) is 0 Å². The van der Waals surface area contributed by atoms with E-state index in [0.717, 1.165) is 60.7 Å². The molecule has 2 aliphatic carbocycles. The average molecular weight is 440 g/mol. The number of thiophene rings is 1. The number of carbonyl (C=O) groups excluding carboxylic acids is 1. The van der Waals surface area contributed by atoms with Gasteiger partial charge in [-0.2, -0.15) is 0 Å². The van der Waals surface area contributed by atoms with E-state index in [1.807, 2.05) is 34.9 Å². The summed E-state index contributed by atoms with van der Waals surface area (Å²) in [5.74, 6) is -0.413. The maximum absolute atomic E-state index is 13.8. The van der Waals surface area contributed by atoms with Crippen molar-refractivity contribution in [3.05, 3.63) is 56.7 Å². The van der Waals surface area contributed by atoms with Crippen molar-refractivity contribution in [3.8, 4) is 0 Å². The second kappa shape index (κ2) is 8.19. The van der Waals surface area contributed by atoms with Crippen LogP contribution in [0.3, 0.4) is 0 Å². The molecule has 1 atom stereocenters. The lowest BCUT2D eigenvalue weighted by Gasteiger charge is -2.21. The van der Waals surface area contributed by atoms with Crippen LogP contribution >= 0.6 is 23.1 Å². The lowest BCUT2D eigenvalue weighted by atomic mass is 9.97. The molecule has 0 bridgehead atoms. The van der Waals surface area contributed by atoms with Gasteiger partial charge in [0.25, 0.3) is 5.56 Å². The molecule has 2 N–H and O–H groups in total. The third kappa shape index (κ3) is 3.48. The van der Waals surface area contributed by atoms with Crippen molar-refractivity contribution in [1.82, 2.24) is 9.55 Å². The molecule has 1 aromatic carbocycles. The molecular weight excluding hydrogens is 414 g/mol. The molecule has 0 spiro atoms. The van der Waals surface area contributed by atoms with Crippen molar-refractivity contribution in [2.75, 3.05) is 0 Å². The van der Waals surface area contributed by atoms with Crippen molar-refractivity contribution < 1.29 is 4.79 Å². The first-order chi connectivity index (χ1) is 14.6. The molecule has 1 fully saturated rings. The highest BCUT2D eigenvalue weighted by Gasteiger charge is 2.29. The van der Waals surface area contributed by atoms with E-state index >= 15 is 0 Å². The predicted molar refractivity (Wildman–Crippen MR) is 122 cm³/mol. The van der Waals surface area contributed by atoms with E-state index in [1.165, 1.54) is 28.6 Å². The standard InChI is InChI=1S/C23H25N3O2S2/c24-20(27)19(14-8-2-1-3-9-14)30-23-25-21-18(16-12-6-7-13-17(16)29-21)22(28)26(23)15-10-4-5-11-15/h1-3,8-9,15,19H,4-7,10-13H2,(H2,24,27). The monoisotopic (exact) mass is 439 g/mol. The molecule has 5 nitrogen and oxygen atoms in total. The summed E-state index contributed by atoms with van der Waals surface area (Å²) in [7, 11) is 0. The molecule has 1 saturated carbocycles. The Kier molecular flexibility index (Phi) is 5.41. The van der Waals surface area contributed by atoms with E-state index in [-0.39, 0.29) is 11.6 Å². The number of fused-ring (bicyclic) bond motifs is 3. The number of hydrogen-bond donors (Lipinski definition) is 1. The van der Waals surface area contributed by atoms with E-state index in [4.69, 9.17) is 10.7 Å². The summed E-state index contributed by atoms with van der Waals surface area (Å²) < 4.78 is 1.89. The molecule has 0 radical (unpaired) electrons. The van der Waals surface area contributed by atoms with Crippen molar-refractivity contribution in [2.24, 2.45) is 5.73 Å². The minimum atomic E-state index is -0.571. The molecule has 5 rings (SSSR count). The van der Waals surface area contributed by atoms with Crippen molar-refractivity contribution in [2.45, 2.75) is 67.8 Å². The Morgan fingerprint density at radius 3 is 2.60 bits per heavy atom. The van der Waals surface area contributed by atoms with Crippen LogP contribution < -0.4 is 11.3 Å². The van der Waals surface area contributed by atoms with Gasteiger partial charge in [0.15, 0.2) is 5.16 Å². The van der Waals surface area contributed by atoms with Gasteiger partial charge in [0, 0.05) is 10.9 Å². The molecule has 7 heteroatoms. The van der Waals surface area contributed by atoms with E-state index in [2.05, 4.69) is 0 Å². The summed E-state index contributed by atoms with van der Waals surface area (Å²) in [6, 6.07) is 9.69. The second-order valence-corrected chi connectivity index (χ2v) is 10.4. The van der Waals surface area contributed by atoms with Gasteiger partial charge in [0.05, 0.1) is 5.39 Å². The van der Waals surface area contributed by atoms with Crippen LogP contribution in [0.1, 0.15) is 65.8 Å². The van der Waals surface area contributed by atoms with Crippen LogP contribution in [0.25, 0.3) is 10.2 Å². The number of aromatic nitrogens is 2. The number of aryl methyl sites for hydroxylation is 2. The van der Waals surface area contributed by atoms with Crippen LogP contribution in [0.5, 0.6) is 0 Å². The Labute approximate surface area is 183 Å². The van der Waals surface area contributed by atoms with Crippen molar-refractivity contribution >= 4 is 39.2 Å². The molecule has 2 heterocycles. The summed E-state index contributed by atoms with van der Waals surface area (Å²) >= 11 is 2.98. The minimum Gasteiger partial charge on any atom is -0.368 e. The normalized spacial score (nSPS) is 17.9. The van der Waals surface area contributed by atoms with Crippen LogP contribution in [0, 0.1) is 0 Å². The van der Waals surface area contributed by atoms with Gasteiger partial charge in [-0.15, -0.1) is 11.3 Å². The van der Waals surface area contributed by atoms with E-state index in [0.29, 0.717) is 5.16 Å². The third-order valence-corrected chi connectivity index (χ3v) is 8.69. The second-order valence-electron chi connectivity index (χ2n) is 8.21. The maximum atomic E-state index is 13.8. The van der Waals surface area contributed by atoms with Gasteiger partial charge in [-0.1, -0.05) is 54.9 Å². The summed E-state index contributed by atoms with van der Waals surface area (Å²) in [6.07, 6.45) is 8.54. The highest BCUT2D eigenvalue weighted by atomic mass is 32.2. The smallest absolute Gasteiger partial charge is 0.263 e. The molecule has 1 unspecified atom stereocenters. The Morgan fingerprint density at radius 2 is 1.87 bits per heavy atom. The molecule has 3 aromatic rings. The van der Waals surface area contributed by atoms with Gasteiger partial charge in [-0.05, 0) is 49.7 Å². The number of hydrogen-bond acceptors (Lipinski definition) is 5. The van der Waals surface area contributed by atoms with E-state index < -0.39 is 11.2 Å². The minimum absolute atomic E-state index is 0.0742. The number of primary amides is 1. The third-order valence-electron chi connectivity index (χ3n) is 6.26. The van der Waals surface area contributed by atoms with Crippen LogP contribution in [0.15, 0.2) is 40.3 Å². The molecule has 156 valence electrons. The van der Waals surface area contributed by atoms with Crippen molar-refractivity contribution in [1.29, 1.82) is 0 Å².